The highest BCUT2D eigenvalue weighted by Gasteiger charge is 1.94. The number of hydrogen-bond acceptors (Lipinski definition) is 1. The van der Waals surface area contributed by atoms with Crippen molar-refractivity contribution < 1.29 is 4.42 Å². The molecular formula is C13H20O. The Labute approximate surface area is 86.8 Å². The van der Waals surface area contributed by atoms with Crippen LogP contribution in [-0.2, 0) is 0 Å². The lowest BCUT2D eigenvalue weighted by atomic mass is 10.1. The van der Waals surface area contributed by atoms with Crippen LogP contribution in [0.15, 0.2) is 22.8 Å². The quantitative estimate of drug-likeness (QED) is 0.602. The van der Waals surface area contributed by atoms with E-state index in [0.717, 1.165) is 5.76 Å². The molecule has 78 valence electrons. The van der Waals surface area contributed by atoms with Crippen molar-refractivity contribution in [3.63, 3.8) is 0 Å². The normalized spacial score (nSPS) is 11.3. The van der Waals surface area contributed by atoms with E-state index in [4.69, 9.17) is 4.42 Å². The first-order valence-electron chi connectivity index (χ1n) is 5.55. The molecule has 0 saturated heterocycles. The molecule has 1 nitrogen and oxygen atoms in total. The fourth-order valence-electron chi connectivity index (χ4n) is 1.43. The fourth-order valence-corrected chi connectivity index (χ4v) is 1.43. The van der Waals surface area contributed by atoms with Crippen LogP contribution < -0.4 is 0 Å². The lowest BCUT2D eigenvalue weighted by Crippen LogP contribution is -1.74. The van der Waals surface area contributed by atoms with Crippen molar-refractivity contribution in [2.75, 3.05) is 0 Å². The van der Waals surface area contributed by atoms with Gasteiger partial charge in [-0.05, 0) is 37.5 Å². The van der Waals surface area contributed by atoms with Crippen LogP contribution >= 0.6 is 0 Å². The van der Waals surface area contributed by atoms with E-state index in [-0.39, 0.29) is 0 Å². The first-order chi connectivity index (χ1) is 6.84. The minimum atomic E-state index is 1.00. The highest BCUT2D eigenvalue weighted by Crippen LogP contribution is 2.11. The smallest absolute Gasteiger partial charge is 0.129 e. The van der Waals surface area contributed by atoms with Crippen molar-refractivity contribution in [1.82, 2.24) is 0 Å². The van der Waals surface area contributed by atoms with Crippen LogP contribution in [0.4, 0.5) is 0 Å². The Kier molecular flexibility index (Phi) is 5.13. The molecular weight excluding hydrogens is 172 g/mol. The molecule has 0 atom stereocenters. The summed E-state index contributed by atoms with van der Waals surface area (Å²) in [6.45, 7) is 4.31. The summed E-state index contributed by atoms with van der Waals surface area (Å²) in [6, 6.07) is 2.00. The highest BCUT2D eigenvalue weighted by atomic mass is 16.3. The van der Waals surface area contributed by atoms with Crippen molar-refractivity contribution >= 4 is 6.08 Å². The van der Waals surface area contributed by atoms with E-state index in [2.05, 4.69) is 26.0 Å². The van der Waals surface area contributed by atoms with Crippen molar-refractivity contribution in [2.24, 2.45) is 0 Å². The maximum atomic E-state index is 5.31. The average molecular weight is 192 g/mol. The van der Waals surface area contributed by atoms with Gasteiger partial charge in [0.1, 0.15) is 5.76 Å². The molecule has 0 aliphatic heterocycles. The van der Waals surface area contributed by atoms with Gasteiger partial charge in [-0.25, -0.2) is 0 Å². The summed E-state index contributed by atoms with van der Waals surface area (Å²) in [5, 5.41) is 0. The van der Waals surface area contributed by atoms with Gasteiger partial charge in [0.15, 0.2) is 0 Å². The first-order valence-corrected chi connectivity index (χ1v) is 5.55. The molecule has 1 heteroatoms. The Hall–Kier alpha value is -0.980. The third-order valence-electron chi connectivity index (χ3n) is 2.40. The molecule has 0 spiro atoms. The summed E-state index contributed by atoms with van der Waals surface area (Å²) in [7, 11) is 0. The zero-order chi connectivity index (χ0) is 10.2. The standard InChI is InChI=1S/C13H20O/c1-3-4-5-6-7-8-9-13-12(2)10-11-14-13/h8-11H,3-7H2,1-2H3/b9-8+. The number of rotatable bonds is 6. The van der Waals surface area contributed by atoms with Gasteiger partial charge in [0.25, 0.3) is 0 Å². The second-order valence-corrected chi connectivity index (χ2v) is 3.72. The molecule has 0 aromatic carbocycles. The lowest BCUT2D eigenvalue weighted by molar-refractivity contribution is 0.554. The van der Waals surface area contributed by atoms with E-state index in [9.17, 15) is 0 Å². The molecule has 1 aromatic heterocycles. The number of unbranched alkanes of at least 4 members (excludes halogenated alkanes) is 4. The van der Waals surface area contributed by atoms with Gasteiger partial charge >= 0.3 is 0 Å². The number of furan rings is 1. The number of hydrogen-bond donors (Lipinski definition) is 0. The van der Waals surface area contributed by atoms with Crippen molar-refractivity contribution in [3.05, 3.63) is 29.7 Å². The topological polar surface area (TPSA) is 13.1 Å². The Bertz CT molecular complexity index is 271. The number of allylic oxidation sites excluding steroid dienone is 1. The monoisotopic (exact) mass is 192 g/mol. The van der Waals surface area contributed by atoms with Gasteiger partial charge in [-0.2, -0.15) is 0 Å². The molecule has 0 saturated carbocycles. The molecule has 0 unspecified atom stereocenters. The largest absolute Gasteiger partial charge is 0.465 e. The van der Waals surface area contributed by atoms with E-state index in [0.29, 0.717) is 0 Å². The summed E-state index contributed by atoms with van der Waals surface area (Å²) in [5.74, 6) is 1.00. The van der Waals surface area contributed by atoms with E-state index in [1.807, 2.05) is 6.07 Å². The van der Waals surface area contributed by atoms with Crippen LogP contribution in [0.3, 0.4) is 0 Å². The Morgan fingerprint density at radius 1 is 1.29 bits per heavy atom. The van der Waals surface area contributed by atoms with Crippen molar-refractivity contribution in [1.29, 1.82) is 0 Å². The van der Waals surface area contributed by atoms with Crippen LogP contribution in [0.1, 0.15) is 50.4 Å². The van der Waals surface area contributed by atoms with Crippen molar-refractivity contribution in [2.45, 2.75) is 46.0 Å². The number of aryl methyl sites for hydroxylation is 1. The van der Waals surface area contributed by atoms with Gasteiger partial charge in [-0.15, -0.1) is 0 Å². The summed E-state index contributed by atoms with van der Waals surface area (Å²) in [6.07, 6.45) is 12.5. The van der Waals surface area contributed by atoms with E-state index in [1.165, 1.54) is 37.7 Å². The van der Waals surface area contributed by atoms with Crippen LogP contribution in [0, 0.1) is 6.92 Å². The zero-order valence-electron chi connectivity index (χ0n) is 9.25. The maximum Gasteiger partial charge on any atom is 0.129 e. The molecule has 0 N–H and O–H groups in total. The molecule has 0 amide bonds. The molecule has 1 rings (SSSR count). The summed E-state index contributed by atoms with van der Waals surface area (Å²) in [5.41, 5.74) is 1.22. The Balaban J connectivity index is 2.18. The van der Waals surface area contributed by atoms with Gasteiger partial charge in [0.2, 0.25) is 0 Å². The minimum Gasteiger partial charge on any atom is -0.465 e. The molecule has 1 aromatic rings. The third-order valence-corrected chi connectivity index (χ3v) is 2.40. The van der Waals surface area contributed by atoms with Gasteiger partial charge in [0, 0.05) is 0 Å². The molecule has 0 fully saturated rings. The molecule has 14 heavy (non-hydrogen) atoms. The molecule has 0 radical (unpaired) electrons. The van der Waals surface area contributed by atoms with Crippen LogP contribution in [0.5, 0.6) is 0 Å². The van der Waals surface area contributed by atoms with Crippen LogP contribution in [-0.4, -0.2) is 0 Å². The molecule has 0 aliphatic rings. The first kappa shape index (κ1) is 11.1. The SMILES string of the molecule is CCCCCC/C=C/c1occc1C. The fraction of sp³-hybridized carbons (Fsp3) is 0.538. The van der Waals surface area contributed by atoms with E-state index >= 15 is 0 Å². The molecule has 0 bridgehead atoms. The highest BCUT2D eigenvalue weighted by molar-refractivity contribution is 5.46. The predicted molar refractivity (Wildman–Crippen MR) is 61.2 cm³/mol. The minimum absolute atomic E-state index is 1.00. The summed E-state index contributed by atoms with van der Waals surface area (Å²) in [4.78, 5) is 0. The van der Waals surface area contributed by atoms with Crippen molar-refractivity contribution in [3.8, 4) is 0 Å². The van der Waals surface area contributed by atoms with Gasteiger partial charge in [0.05, 0.1) is 6.26 Å². The molecule has 0 aliphatic carbocycles. The van der Waals surface area contributed by atoms with E-state index < -0.39 is 0 Å². The summed E-state index contributed by atoms with van der Waals surface area (Å²) >= 11 is 0. The second kappa shape index (κ2) is 6.47. The Morgan fingerprint density at radius 3 is 2.79 bits per heavy atom. The van der Waals surface area contributed by atoms with Gasteiger partial charge < -0.3 is 4.42 Å². The average Bonchev–Trinajstić information content (AvgIpc) is 2.58. The van der Waals surface area contributed by atoms with Gasteiger partial charge in [-0.1, -0.05) is 32.3 Å². The zero-order valence-corrected chi connectivity index (χ0v) is 9.25. The summed E-state index contributed by atoms with van der Waals surface area (Å²) < 4.78 is 5.31. The molecule has 1 heterocycles. The predicted octanol–water partition coefficient (Wildman–Crippen LogP) is 4.57. The lowest BCUT2D eigenvalue weighted by Gasteiger charge is -1.94. The third kappa shape index (κ3) is 3.82. The van der Waals surface area contributed by atoms with Crippen LogP contribution in [0.2, 0.25) is 0 Å². The van der Waals surface area contributed by atoms with E-state index in [1.54, 1.807) is 6.26 Å². The maximum absolute atomic E-state index is 5.31. The second-order valence-electron chi connectivity index (χ2n) is 3.72. The van der Waals surface area contributed by atoms with Crippen LogP contribution in [0.25, 0.3) is 6.08 Å². The Morgan fingerprint density at radius 2 is 2.14 bits per heavy atom. The van der Waals surface area contributed by atoms with Gasteiger partial charge in [-0.3, -0.25) is 0 Å².